The van der Waals surface area contributed by atoms with Crippen LogP contribution in [0.3, 0.4) is 0 Å². The number of hydrogen-bond acceptors (Lipinski definition) is 3. The van der Waals surface area contributed by atoms with E-state index in [1.807, 2.05) is 0 Å². The van der Waals surface area contributed by atoms with Gasteiger partial charge in [0.15, 0.2) is 6.21 Å². The molecule has 0 fully saturated rings. The Bertz CT molecular complexity index is 331. The van der Waals surface area contributed by atoms with Crippen molar-refractivity contribution in [1.82, 2.24) is 4.31 Å². The molecule has 0 spiro atoms. The average molecular weight is 234 g/mol. The van der Waals surface area contributed by atoms with Gasteiger partial charge in [-0.25, -0.2) is 13.2 Å². The summed E-state index contributed by atoms with van der Waals surface area (Å²) in [7, 11) is -1.89. The highest BCUT2D eigenvalue weighted by Gasteiger charge is 2.21. The molecule has 0 bridgehead atoms. The lowest BCUT2D eigenvalue weighted by molar-refractivity contribution is -0.418. The van der Waals surface area contributed by atoms with Crippen LogP contribution in [0.5, 0.6) is 0 Å². The maximum Gasteiger partial charge on any atom is 0.211 e. The van der Waals surface area contributed by atoms with Gasteiger partial charge in [-0.3, -0.25) is 0 Å². The fourth-order valence-corrected chi connectivity index (χ4v) is 2.30. The van der Waals surface area contributed by atoms with Gasteiger partial charge in [0.25, 0.3) is 0 Å². The summed E-state index contributed by atoms with van der Waals surface area (Å²) in [6, 6.07) is -0.241. The van der Waals surface area contributed by atoms with E-state index in [0.717, 1.165) is 6.26 Å². The van der Waals surface area contributed by atoms with Crippen molar-refractivity contribution >= 4 is 16.2 Å². The summed E-state index contributed by atoms with van der Waals surface area (Å²) < 4.78 is 24.7. The number of hydrogen-bond donors (Lipinski definition) is 0. The maximum absolute atomic E-state index is 11.4. The quantitative estimate of drug-likeness (QED) is 0.220. The Balaban J connectivity index is 4.64. The van der Waals surface area contributed by atoms with E-state index in [1.165, 1.54) is 23.6 Å². The lowest BCUT2D eigenvalue weighted by Crippen LogP contribution is -2.38. The number of rotatable bonds is 6. The van der Waals surface area contributed by atoms with Crippen LogP contribution < -0.4 is 0 Å². The van der Waals surface area contributed by atoms with Crippen molar-refractivity contribution in [3.8, 4) is 0 Å². The summed E-state index contributed by atoms with van der Waals surface area (Å²) in [5.41, 5.74) is 0. The Morgan fingerprint density at radius 3 is 2.47 bits per heavy atom. The predicted molar refractivity (Wildman–Crippen MR) is 61.4 cm³/mol. The van der Waals surface area contributed by atoms with Crippen LogP contribution in [0, 0.1) is 5.21 Å². The Hall–Kier alpha value is -0.880. The number of hydroxylamine groups is 1. The standard InChI is InChI=1S/C9H18N2O3S/c1-5-7-11(15(4,13)14)9(2)6-8-10(3)12/h5,8-9H,1,6-7H2,2-4H3/b10-8-. The van der Waals surface area contributed by atoms with Crippen molar-refractivity contribution in [2.24, 2.45) is 0 Å². The molecule has 0 radical (unpaired) electrons. The summed E-state index contributed by atoms with van der Waals surface area (Å²) in [5, 5.41) is 10.7. The molecule has 0 aromatic carbocycles. The van der Waals surface area contributed by atoms with Crippen LogP contribution >= 0.6 is 0 Å². The summed E-state index contributed by atoms with van der Waals surface area (Å²) in [4.78, 5) is 0. The van der Waals surface area contributed by atoms with Crippen LogP contribution in [0.1, 0.15) is 13.3 Å². The van der Waals surface area contributed by atoms with E-state index >= 15 is 0 Å². The van der Waals surface area contributed by atoms with Gasteiger partial charge < -0.3 is 5.21 Å². The first kappa shape index (κ1) is 14.1. The average Bonchev–Trinajstić information content (AvgIpc) is 2.08. The molecule has 0 heterocycles. The zero-order valence-corrected chi connectivity index (χ0v) is 10.2. The van der Waals surface area contributed by atoms with Crippen LogP contribution in [-0.4, -0.2) is 49.6 Å². The van der Waals surface area contributed by atoms with Gasteiger partial charge in [-0.15, -0.1) is 6.58 Å². The largest absolute Gasteiger partial charge is 0.624 e. The van der Waals surface area contributed by atoms with Crippen LogP contribution in [-0.2, 0) is 10.0 Å². The summed E-state index contributed by atoms with van der Waals surface area (Å²) in [5.74, 6) is 0. The minimum Gasteiger partial charge on any atom is -0.624 e. The fourth-order valence-electron chi connectivity index (χ4n) is 1.19. The van der Waals surface area contributed by atoms with Gasteiger partial charge >= 0.3 is 0 Å². The van der Waals surface area contributed by atoms with E-state index in [1.54, 1.807) is 6.92 Å². The van der Waals surface area contributed by atoms with E-state index in [2.05, 4.69) is 6.58 Å². The molecule has 0 saturated heterocycles. The highest BCUT2D eigenvalue weighted by atomic mass is 32.2. The van der Waals surface area contributed by atoms with Crippen molar-refractivity contribution in [3.63, 3.8) is 0 Å². The second-order valence-corrected chi connectivity index (χ2v) is 5.37. The Morgan fingerprint density at radius 1 is 1.60 bits per heavy atom. The third kappa shape index (κ3) is 5.54. The van der Waals surface area contributed by atoms with Gasteiger partial charge in [0.1, 0.15) is 7.05 Å². The first-order valence-corrected chi connectivity index (χ1v) is 6.45. The maximum atomic E-state index is 11.4. The SMILES string of the molecule is C=CCN(C(C)C/C=[N+](/C)[O-])S(C)(=O)=O. The molecular formula is C9H18N2O3S. The Labute approximate surface area is 91.3 Å². The first-order chi connectivity index (χ1) is 6.79. The zero-order valence-electron chi connectivity index (χ0n) is 9.38. The summed E-state index contributed by atoms with van der Waals surface area (Å²) in [6.07, 6.45) is 4.47. The topological polar surface area (TPSA) is 63.4 Å². The third-order valence-corrected chi connectivity index (χ3v) is 3.29. The van der Waals surface area contributed by atoms with Crippen molar-refractivity contribution in [2.75, 3.05) is 19.8 Å². The van der Waals surface area contributed by atoms with E-state index in [4.69, 9.17) is 0 Å². The molecule has 5 nitrogen and oxygen atoms in total. The number of sulfonamides is 1. The third-order valence-electron chi connectivity index (χ3n) is 1.93. The van der Waals surface area contributed by atoms with E-state index in [0.29, 0.717) is 11.2 Å². The summed E-state index contributed by atoms with van der Waals surface area (Å²) >= 11 is 0. The lowest BCUT2D eigenvalue weighted by atomic mass is 10.2. The lowest BCUT2D eigenvalue weighted by Gasteiger charge is -2.23. The molecule has 88 valence electrons. The van der Waals surface area contributed by atoms with Crippen molar-refractivity contribution in [2.45, 2.75) is 19.4 Å². The second-order valence-electron chi connectivity index (χ2n) is 3.43. The molecular weight excluding hydrogens is 216 g/mol. The zero-order chi connectivity index (χ0) is 12.1. The Morgan fingerprint density at radius 2 is 2.13 bits per heavy atom. The Kier molecular flexibility index (Phi) is 5.53. The van der Waals surface area contributed by atoms with Crippen molar-refractivity contribution < 1.29 is 13.2 Å². The van der Waals surface area contributed by atoms with Crippen LogP contribution in [0.2, 0.25) is 0 Å². The monoisotopic (exact) mass is 234 g/mol. The normalized spacial score (nSPS) is 15.3. The van der Waals surface area contributed by atoms with Gasteiger partial charge in [0.05, 0.1) is 6.26 Å². The molecule has 0 amide bonds. The van der Waals surface area contributed by atoms with Gasteiger partial charge in [-0.2, -0.15) is 4.31 Å². The smallest absolute Gasteiger partial charge is 0.211 e. The molecule has 0 saturated carbocycles. The molecule has 0 N–H and O–H groups in total. The molecule has 6 heteroatoms. The molecule has 0 aliphatic rings. The predicted octanol–water partition coefficient (Wildman–Crippen LogP) is 0.424. The molecule has 1 atom stereocenters. The van der Waals surface area contributed by atoms with Crippen molar-refractivity contribution in [1.29, 1.82) is 0 Å². The summed E-state index contributed by atoms with van der Waals surface area (Å²) in [6.45, 7) is 5.52. The van der Waals surface area contributed by atoms with Crippen molar-refractivity contribution in [3.05, 3.63) is 17.9 Å². The van der Waals surface area contributed by atoms with Gasteiger partial charge in [0, 0.05) is 19.0 Å². The molecule has 0 rings (SSSR count). The minimum atomic E-state index is -3.25. The molecule has 0 aromatic rings. The van der Waals surface area contributed by atoms with Gasteiger partial charge in [-0.05, 0) is 6.92 Å². The van der Waals surface area contributed by atoms with Gasteiger partial charge in [0.2, 0.25) is 10.0 Å². The van der Waals surface area contributed by atoms with Crippen LogP contribution in [0.4, 0.5) is 0 Å². The fraction of sp³-hybridized carbons (Fsp3) is 0.667. The molecule has 0 aliphatic heterocycles. The number of nitrogens with zero attached hydrogens (tertiary/aromatic N) is 2. The van der Waals surface area contributed by atoms with E-state index < -0.39 is 10.0 Å². The molecule has 15 heavy (non-hydrogen) atoms. The molecule has 0 aliphatic carbocycles. The first-order valence-electron chi connectivity index (χ1n) is 4.60. The van der Waals surface area contributed by atoms with E-state index in [-0.39, 0.29) is 12.6 Å². The highest BCUT2D eigenvalue weighted by molar-refractivity contribution is 7.88. The van der Waals surface area contributed by atoms with Gasteiger partial charge in [-0.1, -0.05) is 6.08 Å². The molecule has 0 aromatic heterocycles. The van der Waals surface area contributed by atoms with Crippen LogP contribution in [0.25, 0.3) is 0 Å². The molecule has 1 unspecified atom stereocenters. The minimum absolute atomic E-state index is 0.241. The second kappa shape index (κ2) is 5.87. The highest BCUT2D eigenvalue weighted by Crippen LogP contribution is 2.07. The van der Waals surface area contributed by atoms with E-state index in [9.17, 15) is 13.6 Å². The van der Waals surface area contributed by atoms with Crippen LogP contribution in [0.15, 0.2) is 12.7 Å².